The molecule has 0 spiro atoms. The standard InChI is InChI=1S/C17H11F3O2Se/c18-17(19,20)14-8-4-9-15(12-14)23-11-5-10-22-16(21)13-6-2-1-3-7-13/h1-4,6-9,12H,10H2. The van der Waals surface area contributed by atoms with Crippen LogP contribution in [-0.4, -0.2) is 27.5 Å². The molecular formula is C17H11F3O2Se. The van der Waals surface area contributed by atoms with Gasteiger partial charge in [0.15, 0.2) is 0 Å². The first-order valence-corrected chi connectivity index (χ1v) is 8.22. The molecule has 2 rings (SSSR count). The van der Waals surface area contributed by atoms with Gasteiger partial charge in [0.2, 0.25) is 0 Å². The van der Waals surface area contributed by atoms with E-state index in [0.717, 1.165) is 12.1 Å². The van der Waals surface area contributed by atoms with Crippen LogP contribution in [0.5, 0.6) is 0 Å². The van der Waals surface area contributed by atoms with Gasteiger partial charge in [0.25, 0.3) is 0 Å². The van der Waals surface area contributed by atoms with E-state index < -0.39 is 32.7 Å². The van der Waals surface area contributed by atoms with Crippen molar-refractivity contribution in [2.45, 2.75) is 6.18 Å². The second-order valence-corrected chi connectivity index (χ2v) is 6.19. The summed E-state index contributed by atoms with van der Waals surface area (Å²) in [5.74, 6) is 2.17. The predicted octanol–water partition coefficient (Wildman–Crippen LogP) is 2.85. The van der Waals surface area contributed by atoms with Crippen LogP contribution in [0.1, 0.15) is 15.9 Å². The summed E-state index contributed by atoms with van der Waals surface area (Å²) in [5.41, 5.74) is -0.258. The Labute approximate surface area is 137 Å². The molecule has 2 nitrogen and oxygen atoms in total. The fourth-order valence-corrected chi connectivity index (χ4v) is 2.84. The number of alkyl halides is 3. The van der Waals surface area contributed by atoms with Gasteiger partial charge < -0.3 is 0 Å². The number of ether oxygens (including phenoxy) is 1. The van der Waals surface area contributed by atoms with Crippen molar-refractivity contribution < 1.29 is 22.7 Å². The van der Waals surface area contributed by atoms with Gasteiger partial charge in [-0.3, -0.25) is 0 Å². The molecule has 0 N–H and O–H groups in total. The number of benzene rings is 2. The molecule has 0 aliphatic rings. The molecule has 0 saturated carbocycles. The molecule has 0 amide bonds. The van der Waals surface area contributed by atoms with E-state index in [1.807, 2.05) is 0 Å². The average Bonchev–Trinajstić information content (AvgIpc) is 2.54. The number of rotatable bonds is 3. The zero-order valence-corrected chi connectivity index (χ0v) is 13.5. The van der Waals surface area contributed by atoms with Gasteiger partial charge in [-0.25, -0.2) is 0 Å². The number of esters is 1. The predicted molar refractivity (Wildman–Crippen MR) is 81.3 cm³/mol. The first-order chi connectivity index (χ1) is 11.0. The van der Waals surface area contributed by atoms with Gasteiger partial charge in [-0.2, -0.15) is 0 Å². The summed E-state index contributed by atoms with van der Waals surface area (Å²) in [4.78, 5) is 14.4. The normalized spacial score (nSPS) is 10.6. The SMILES string of the molecule is O=C(OCC#C[Se]c1cccc(C(F)(F)F)c1)c1ccccc1. The van der Waals surface area contributed by atoms with Gasteiger partial charge >= 0.3 is 137 Å². The van der Waals surface area contributed by atoms with E-state index in [1.165, 1.54) is 6.07 Å². The van der Waals surface area contributed by atoms with Crippen LogP contribution in [0.3, 0.4) is 0 Å². The number of hydrogen-bond acceptors (Lipinski definition) is 2. The fraction of sp³-hybridized carbons (Fsp3) is 0.118. The van der Waals surface area contributed by atoms with Crippen molar-refractivity contribution in [1.29, 1.82) is 0 Å². The quantitative estimate of drug-likeness (QED) is 0.463. The average molecular weight is 383 g/mol. The molecule has 0 bridgehead atoms. The van der Waals surface area contributed by atoms with Gasteiger partial charge in [0.1, 0.15) is 0 Å². The Kier molecular flexibility index (Phi) is 5.86. The Bertz CT molecular complexity index is 731. The molecule has 0 saturated heterocycles. The molecule has 0 fully saturated rings. The maximum absolute atomic E-state index is 12.6. The molecule has 0 aliphatic carbocycles. The van der Waals surface area contributed by atoms with E-state index in [9.17, 15) is 18.0 Å². The molecule has 0 aromatic heterocycles. The van der Waals surface area contributed by atoms with E-state index in [0.29, 0.717) is 10.0 Å². The molecule has 0 atom stereocenters. The molecule has 2 aromatic carbocycles. The Morgan fingerprint density at radius 2 is 1.83 bits per heavy atom. The van der Waals surface area contributed by atoms with Crippen LogP contribution < -0.4 is 4.46 Å². The topological polar surface area (TPSA) is 26.3 Å². The summed E-state index contributed by atoms with van der Waals surface area (Å²) in [6.45, 7) is -0.0889. The number of carbonyl (C=O) groups is 1. The van der Waals surface area contributed by atoms with Gasteiger partial charge in [-0.1, -0.05) is 0 Å². The van der Waals surface area contributed by atoms with Gasteiger partial charge in [-0.05, 0) is 0 Å². The van der Waals surface area contributed by atoms with E-state index in [4.69, 9.17) is 4.74 Å². The second-order valence-electron chi connectivity index (χ2n) is 4.35. The third-order valence-electron chi connectivity index (χ3n) is 2.69. The molecule has 118 valence electrons. The van der Waals surface area contributed by atoms with E-state index in [1.54, 1.807) is 36.4 Å². The second kappa shape index (κ2) is 7.87. The van der Waals surface area contributed by atoms with Crippen LogP contribution in [0.4, 0.5) is 13.2 Å². The van der Waals surface area contributed by atoms with Gasteiger partial charge in [0.05, 0.1) is 0 Å². The summed E-state index contributed by atoms with van der Waals surface area (Å²) in [6, 6.07) is 13.5. The van der Waals surface area contributed by atoms with Crippen molar-refractivity contribution in [3.05, 3.63) is 65.7 Å². The third kappa shape index (κ3) is 5.48. The first kappa shape index (κ1) is 17.1. The Morgan fingerprint density at radius 3 is 2.52 bits per heavy atom. The zero-order chi connectivity index (χ0) is 16.7. The molecular weight excluding hydrogens is 372 g/mol. The molecule has 0 radical (unpaired) electrons. The van der Waals surface area contributed by atoms with Crippen LogP contribution in [0.2, 0.25) is 0 Å². The van der Waals surface area contributed by atoms with Crippen molar-refractivity contribution in [3.63, 3.8) is 0 Å². The Morgan fingerprint density at radius 1 is 1.09 bits per heavy atom. The first-order valence-electron chi connectivity index (χ1n) is 6.51. The zero-order valence-electron chi connectivity index (χ0n) is 11.8. The van der Waals surface area contributed by atoms with E-state index >= 15 is 0 Å². The van der Waals surface area contributed by atoms with Crippen molar-refractivity contribution in [1.82, 2.24) is 0 Å². The number of carbonyl (C=O) groups excluding carboxylic acids is 1. The van der Waals surface area contributed by atoms with Crippen molar-refractivity contribution in [3.8, 4) is 10.7 Å². The summed E-state index contributed by atoms with van der Waals surface area (Å²) in [7, 11) is 0. The Balaban J connectivity index is 1.86. The maximum atomic E-state index is 12.6. The van der Waals surface area contributed by atoms with Crippen molar-refractivity contribution >= 4 is 25.4 Å². The fourth-order valence-electron chi connectivity index (χ4n) is 1.62. The number of halogens is 3. The molecule has 0 unspecified atom stereocenters. The third-order valence-corrected chi connectivity index (χ3v) is 4.23. The van der Waals surface area contributed by atoms with Crippen LogP contribution >= 0.6 is 0 Å². The van der Waals surface area contributed by atoms with Crippen molar-refractivity contribution in [2.75, 3.05) is 6.61 Å². The van der Waals surface area contributed by atoms with Crippen LogP contribution in [0.25, 0.3) is 0 Å². The summed E-state index contributed by atoms with van der Waals surface area (Å²) < 4.78 is 43.2. The number of hydrogen-bond donors (Lipinski definition) is 0. The molecule has 23 heavy (non-hydrogen) atoms. The molecule has 2 aromatic rings. The van der Waals surface area contributed by atoms with E-state index in [2.05, 4.69) is 10.7 Å². The molecule has 0 heterocycles. The Hall–Kier alpha value is -2.22. The van der Waals surface area contributed by atoms with Crippen LogP contribution in [0, 0.1) is 10.7 Å². The van der Waals surface area contributed by atoms with Gasteiger partial charge in [-0.15, -0.1) is 0 Å². The summed E-state index contributed by atoms with van der Waals surface area (Å²) >= 11 is -0.430. The molecule has 6 heteroatoms. The van der Waals surface area contributed by atoms with Crippen LogP contribution in [0.15, 0.2) is 54.6 Å². The van der Waals surface area contributed by atoms with Gasteiger partial charge in [0, 0.05) is 0 Å². The van der Waals surface area contributed by atoms with E-state index in [-0.39, 0.29) is 6.61 Å². The summed E-state index contributed by atoms with van der Waals surface area (Å²) in [5, 5.41) is 0. The minimum atomic E-state index is -4.36. The monoisotopic (exact) mass is 384 g/mol. The van der Waals surface area contributed by atoms with Crippen molar-refractivity contribution in [2.24, 2.45) is 0 Å². The minimum absolute atomic E-state index is 0.0889. The summed E-state index contributed by atoms with van der Waals surface area (Å²) in [6.07, 6.45) is -4.36. The molecule has 0 aliphatic heterocycles. The van der Waals surface area contributed by atoms with Crippen LogP contribution in [-0.2, 0) is 10.9 Å².